The zero-order valence-electron chi connectivity index (χ0n) is 19.4. The Labute approximate surface area is 198 Å². The van der Waals surface area contributed by atoms with Gasteiger partial charge in [0.15, 0.2) is 0 Å². The molecule has 0 saturated carbocycles. The molecule has 3 unspecified atom stereocenters. The summed E-state index contributed by atoms with van der Waals surface area (Å²) in [5.41, 5.74) is 3.37. The van der Waals surface area contributed by atoms with E-state index in [1.54, 1.807) is 32.9 Å². The van der Waals surface area contributed by atoms with E-state index in [0.717, 1.165) is 24.1 Å². The molecule has 0 radical (unpaired) electrons. The van der Waals surface area contributed by atoms with Crippen LogP contribution < -0.4 is 0 Å². The zero-order valence-corrected chi connectivity index (χ0v) is 22.3. The first-order valence-electron chi connectivity index (χ1n) is 11.3. The number of rotatable bonds is 9. The minimum atomic E-state index is -3.45. The average Bonchev–Trinajstić information content (AvgIpc) is 3.16. The summed E-state index contributed by atoms with van der Waals surface area (Å²) in [6.45, 7) is 9.77. The van der Waals surface area contributed by atoms with Gasteiger partial charge in [-0.3, -0.25) is 0 Å². The summed E-state index contributed by atoms with van der Waals surface area (Å²) < 4.78 is 30.1. The van der Waals surface area contributed by atoms with E-state index < -0.39 is 33.4 Å². The molecule has 5 nitrogen and oxygen atoms in total. The number of carbonyl (C=O) groups is 1. The van der Waals surface area contributed by atoms with E-state index in [2.05, 4.69) is 36.1 Å². The second-order valence-electron chi connectivity index (χ2n) is 8.83. The Kier molecular flexibility index (Phi) is 8.60. The predicted molar refractivity (Wildman–Crippen MR) is 131 cm³/mol. The van der Waals surface area contributed by atoms with Crippen molar-refractivity contribution >= 4 is 28.7 Å². The SMILES string of the molecule is CC(C)OC(=O)C(C)[AsH]S(=O)(=O)c1ccc(-c2ccc(CCN3CCCC3C)cc2)cc1. The first-order chi connectivity index (χ1) is 15.2. The molecule has 2 aromatic rings. The summed E-state index contributed by atoms with van der Waals surface area (Å²) in [7, 11) is -3.45. The summed E-state index contributed by atoms with van der Waals surface area (Å²) in [5, 5.41) is 0. The number of likely N-dealkylation sites (tertiary alicyclic amines) is 1. The molecule has 0 aliphatic carbocycles. The fourth-order valence-electron chi connectivity index (χ4n) is 3.97. The molecule has 0 amide bonds. The Bertz CT molecular complexity index is 1000. The van der Waals surface area contributed by atoms with Crippen LogP contribution in [0.1, 0.15) is 46.1 Å². The molecule has 0 N–H and O–H groups in total. The van der Waals surface area contributed by atoms with Crippen molar-refractivity contribution in [1.29, 1.82) is 0 Å². The van der Waals surface area contributed by atoms with Crippen LogP contribution in [0.3, 0.4) is 0 Å². The topological polar surface area (TPSA) is 63.7 Å². The van der Waals surface area contributed by atoms with Gasteiger partial charge in [-0.15, -0.1) is 0 Å². The van der Waals surface area contributed by atoms with Crippen molar-refractivity contribution in [3.63, 3.8) is 0 Å². The molecule has 0 aromatic heterocycles. The van der Waals surface area contributed by atoms with Gasteiger partial charge in [-0.25, -0.2) is 0 Å². The number of esters is 1. The maximum atomic E-state index is 12.8. The molecule has 1 fully saturated rings. The first-order valence-corrected chi connectivity index (χ1v) is 16.6. The molecule has 1 aliphatic rings. The molecule has 1 aliphatic heterocycles. The van der Waals surface area contributed by atoms with Crippen molar-refractivity contribution < 1.29 is 17.9 Å². The molecule has 0 spiro atoms. The number of benzene rings is 2. The second kappa shape index (κ2) is 11.0. The van der Waals surface area contributed by atoms with Gasteiger partial charge < -0.3 is 0 Å². The standard InChI is InChI=1S/C25H34AsNO4S/c1-18(2)31-25(28)20(4)26-32(29,30)24-13-11-23(12-14-24)22-9-7-21(8-10-22)15-17-27-16-5-6-19(27)3/h7-14,18-20,26H,5-6,15-17H2,1-4H3. The third kappa shape index (κ3) is 6.69. The quantitative estimate of drug-likeness (QED) is 0.366. The third-order valence-corrected chi connectivity index (χ3v) is 13.6. The van der Waals surface area contributed by atoms with Gasteiger partial charge in [0, 0.05) is 6.04 Å². The van der Waals surface area contributed by atoms with Gasteiger partial charge in [0.2, 0.25) is 0 Å². The van der Waals surface area contributed by atoms with E-state index in [0.29, 0.717) is 6.04 Å². The fraction of sp³-hybridized carbons (Fsp3) is 0.480. The van der Waals surface area contributed by atoms with Crippen molar-refractivity contribution in [2.75, 3.05) is 13.1 Å². The van der Waals surface area contributed by atoms with Crippen molar-refractivity contribution in [2.45, 2.75) is 68.7 Å². The summed E-state index contributed by atoms with van der Waals surface area (Å²) in [6.07, 6.45) is 3.40. The summed E-state index contributed by atoms with van der Waals surface area (Å²) >= 11 is -1.58. The van der Waals surface area contributed by atoms with Gasteiger partial charge in [-0.1, -0.05) is 0 Å². The maximum absolute atomic E-state index is 12.8. The van der Waals surface area contributed by atoms with Crippen LogP contribution >= 0.6 is 0 Å². The van der Waals surface area contributed by atoms with Crippen molar-refractivity contribution in [2.24, 2.45) is 0 Å². The van der Waals surface area contributed by atoms with E-state index >= 15 is 0 Å². The van der Waals surface area contributed by atoms with Gasteiger partial charge >= 0.3 is 166 Å². The van der Waals surface area contributed by atoms with Gasteiger partial charge in [0.05, 0.1) is 0 Å². The Morgan fingerprint density at radius 1 is 1.06 bits per heavy atom. The summed E-state index contributed by atoms with van der Waals surface area (Å²) in [6, 6.07) is 16.2. The van der Waals surface area contributed by atoms with Crippen LogP contribution in [0.2, 0.25) is 4.71 Å². The molecule has 174 valence electrons. The molecular formula is C25H34AsNO4S. The Morgan fingerprint density at radius 3 is 2.19 bits per heavy atom. The second-order valence-corrected chi connectivity index (χ2v) is 17.2. The minimum absolute atomic E-state index is 0.242. The Hall–Kier alpha value is -1.62. The Morgan fingerprint density at radius 2 is 1.66 bits per heavy atom. The van der Waals surface area contributed by atoms with Crippen LogP contribution in [0.5, 0.6) is 0 Å². The monoisotopic (exact) mass is 519 g/mol. The molecule has 32 heavy (non-hydrogen) atoms. The van der Waals surface area contributed by atoms with Gasteiger partial charge in [0.25, 0.3) is 0 Å². The summed E-state index contributed by atoms with van der Waals surface area (Å²) in [4.78, 5) is 14.8. The van der Waals surface area contributed by atoms with Crippen molar-refractivity contribution in [3.05, 3.63) is 54.1 Å². The molecule has 2 aromatic carbocycles. The number of nitrogens with zero attached hydrogens (tertiary/aromatic N) is 1. The normalized spacial score (nSPS) is 18.5. The zero-order chi connectivity index (χ0) is 23.3. The van der Waals surface area contributed by atoms with Crippen molar-refractivity contribution in [3.8, 4) is 11.1 Å². The fourth-order valence-corrected chi connectivity index (χ4v) is 10.6. The molecule has 0 bridgehead atoms. The van der Waals surface area contributed by atoms with Crippen LogP contribution in [-0.2, 0) is 24.1 Å². The predicted octanol–water partition coefficient (Wildman–Crippen LogP) is 4.27. The molecule has 1 heterocycles. The van der Waals surface area contributed by atoms with E-state index in [-0.39, 0.29) is 11.0 Å². The Balaban J connectivity index is 1.61. The molecule has 3 rings (SSSR count). The van der Waals surface area contributed by atoms with Gasteiger partial charge in [-0.05, 0) is 26.3 Å². The third-order valence-electron chi connectivity index (χ3n) is 5.87. The van der Waals surface area contributed by atoms with Crippen LogP contribution in [0.15, 0.2) is 53.4 Å². The average molecular weight is 520 g/mol. The summed E-state index contributed by atoms with van der Waals surface area (Å²) in [5.74, 6) is -0.431. The van der Waals surface area contributed by atoms with E-state index in [1.165, 1.54) is 24.9 Å². The number of carbonyl (C=O) groups excluding carboxylic acids is 1. The molecule has 7 heteroatoms. The van der Waals surface area contributed by atoms with Crippen LogP contribution in [0.4, 0.5) is 0 Å². The van der Waals surface area contributed by atoms with Crippen LogP contribution in [0, 0.1) is 0 Å². The van der Waals surface area contributed by atoms with Crippen LogP contribution in [0.25, 0.3) is 11.1 Å². The van der Waals surface area contributed by atoms with Gasteiger partial charge in [-0.2, -0.15) is 0 Å². The van der Waals surface area contributed by atoms with Crippen molar-refractivity contribution in [1.82, 2.24) is 4.90 Å². The number of hydrogen-bond acceptors (Lipinski definition) is 5. The first kappa shape index (κ1) is 25.0. The van der Waals surface area contributed by atoms with Crippen LogP contribution in [-0.4, -0.2) is 59.1 Å². The molecular weight excluding hydrogens is 485 g/mol. The van der Waals surface area contributed by atoms with E-state index in [1.807, 2.05) is 12.1 Å². The van der Waals surface area contributed by atoms with E-state index in [4.69, 9.17) is 4.74 Å². The van der Waals surface area contributed by atoms with Gasteiger partial charge in [0.1, 0.15) is 0 Å². The molecule has 1 saturated heterocycles. The number of hydrogen-bond donors (Lipinski definition) is 0. The number of ether oxygens (including phenoxy) is 1. The molecule has 3 atom stereocenters. The van der Waals surface area contributed by atoms with E-state index in [9.17, 15) is 13.2 Å².